The van der Waals surface area contributed by atoms with Crippen molar-refractivity contribution >= 4 is 44.3 Å². The lowest BCUT2D eigenvalue weighted by atomic mass is 10.1. The van der Waals surface area contributed by atoms with E-state index in [0.29, 0.717) is 13.0 Å². The third kappa shape index (κ3) is 8.33. The molecule has 0 fully saturated rings. The van der Waals surface area contributed by atoms with E-state index >= 15 is 0 Å². The van der Waals surface area contributed by atoms with Gasteiger partial charge in [0.15, 0.2) is 0 Å². The normalized spacial score (nSPS) is 10.7. The molecule has 0 aromatic heterocycles. The van der Waals surface area contributed by atoms with Gasteiger partial charge in [-0.2, -0.15) is 0 Å². The van der Waals surface area contributed by atoms with Crippen LogP contribution in [0.15, 0.2) is 71.6 Å². The van der Waals surface area contributed by atoms with E-state index in [-0.39, 0.29) is 17.3 Å². The summed E-state index contributed by atoms with van der Waals surface area (Å²) in [6.45, 7) is 0.788. The molecule has 3 aromatic carbocycles. The smallest absolute Gasteiger partial charge is 0.414 e. The maximum atomic E-state index is 12.2. The summed E-state index contributed by atoms with van der Waals surface area (Å²) in [5.41, 5.74) is 1.75. The second-order valence-corrected chi connectivity index (χ2v) is 8.36. The summed E-state index contributed by atoms with van der Waals surface area (Å²) in [7, 11) is -3.67. The number of fused-ring (bicyclic) bond motifs is 1. The molecule has 0 unspecified atom stereocenters. The molecule has 174 valence electrons. The lowest BCUT2D eigenvalue weighted by molar-refractivity contribution is -0.159. The molecule has 0 aliphatic rings. The monoisotopic (exact) mass is 473 g/mol. The number of anilines is 1. The van der Waals surface area contributed by atoms with E-state index in [9.17, 15) is 13.2 Å². The quantitative estimate of drug-likeness (QED) is 0.253. The van der Waals surface area contributed by atoms with Gasteiger partial charge in [0, 0.05) is 11.1 Å². The SMILES string of the molecule is NS(=O)(=O)c1ccc(CCNCC(=O)Nc2cccc3ccccc23)cc1.O=C(O)C(=O)O. The van der Waals surface area contributed by atoms with Crippen LogP contribution in [0.25, 0.3) is 10.8 Å². The van der Waals surface area contributed by atoms with Gasteiger partial charge in [0.05, 0.1) is 11.4 Å². The molecule has 0 heterocycles. The van der Waals surface area contributed by atoms with E-state index in [1.165, 1.54) is 12.1 Å². The fraction of sp³-hybridized carbons (Fsp3) is 0.136. The Kier molecular flexibility index (Phi) is 9.04. The molecular weight excluding hydrogens is 450 g/mol. The van der Waals surface area contributed by atoms with Crippen molar-refractivity contribution in [2.24, 2.45) is 5.14 Å². The van der Waals surface area contributed by atoms with Crippen LogP contribution in [0.4, 0.5) is 5.69 Å². The van der Waals surface area contributed by atoms with Gasteiger partial charge in [-0.1, -0.05) is 48.5 Å². The van der Waals surface area contributed by atoms with Gasteiger partial charge in [-0.15, -0.1) is 0 Å². The number of hydrogen-bond acceptors (Lipinski definition) is 6. The first kappa shape index (κ1) is 25.5. The van der Waals surface area contributed by atoms with Gasteiger partial charge >= 0.3 is 11.9 Å². The zero-order valence-electron chi connectivity index (χ0n) is 17.4. The van der Waals surface area contributed by atoms with Gasteiger partial charge in [0.25, 0.3) is 0 Å². The Balaban J connectivity index is 0.000000569. The fourth-order valence-corrected chi connectivity index (χ4v) is 3.32. The highest BCUT2D eigenvalue weighted by molar-refractivity contribution is 7.89. The minimum absolute atomic E-state index is 0.0914. The number of primary sulfonamides is 1. The first-order valence-electron chi connectivity index (χ1n) is 9.64. The Morgan fingerprint density at radius 2 is 1.45 bits per heavy atom. The van der Waals surface area contributed by atoms with Crippen molar-refractivity contribution in [2.75, 3.05) is 18.4 Å². The maximum Gasteiger partial charge on any atom is 0.414 e. The zero-order valence-corrected chi connectivity index (χ0v) is 18.2. The lowest BCUT2D eigenvalue weighted by Crippen LogP contribution is -2.29. The van der Waals surface area contributed by atoms with Crippen molar-refractivity contribution in [2.45, 2.75) is 11.3 Å². The third-order valence-electron chi connectivity index (χ3n) is 4.37. The topological polar surface area (TPSA) is 176 Å². The molecule has 0 saturated carbocycles. The van der Waals surface area contributed by atoms with Crippen LogP contribution >= 0.6 is 0 Å². The highest BCUT2D eigenvalue weighted by Gasteiger charge is 2.08. The highest BCUT2D eigenvalue weighted by atomic mass is 32.2. The summed E-state index contributed by atoms with van der Waals surface area (Å²) in [5.74, 6) is -3.76. The van der Waals surface area contributed by atoms with Crippen LogP contribution in [0, 0.1) is 0 Å². The second kappa shape index (κ2) is 11.7. The van der Waals surface area contributed by atoms with Crippen molar-refractivity contribution in [3.8, 4) is 0 Å². The molecule has 3 rings (SSSR count). The number of benzene rings is 3. The lowest BCUT2D eigenvalue weighted by Gasteiger charge is -2.09. The average Bonchev–Trinajstić information content (AvgIpc) is 2.77. The number of carboxylic acid groups (broad SMARTS) is 2. The van der Waals surface area contributed by atoms with Crippen LogP contribution in [0.1, 0.15) is 5.56 Å². The van der Waals surface area contributed by atoms with Crippen LogP contribution in [0.2, 0.25) is 0 Å². The van der Waals surface area contributed by atoms with E-state index in [1.807, 2.05) is 42.5 Å². The molecule has 0 atom stereocenters. The molecular formula is C22H23N3O7S. The summed E-state index contributed by atoms with van der Waals surface area (Å²) in [6.07, 6.45) is 0.673. The second-order valence-electron chi connectivity index (χ2n) is 6.80. The van der Waals surface area contributed by atoms with Gasteiger partial charge in [0.2, 0.25) is 15.9 Å². The van der Waals surface area contributed by atoms with Gasteiger partial charge < -0.3 is 20.8 Å². The highest BCUT2D eigenvalue weighted by Crippen LogP contribution is 2.22. The van der Waals surface area contributed by atoms with E-state index in [1.54, 1.807) is 12.1 Å². The molecule has 11 heteroatoms. The van der Waals surface area contributed by atoms with Crippen molar-refractivity contribution in [1.82, 2.24) is 5.32 Å². The number of rotatable bonds is 7. The largest absolute Gasteiger partial charge is 0.473 e. The molecule has 0 radical (unpaired) electrons. The Hall–Kier alpha value is -3.80. The molecule has 0 bridgehead atoms. The molecule has 6 N–H and O–H groups in total. The summed E-state index contributed by atoms with van der Waals surface area (Å²) in [6, 6.07) is 20.1. The summed E-state index contributed by atoms with van der Waals surface area (Å²) < 4.78 is 22.5. The molecule has 1 amide bonds. The fourth-order valence-electron chi connectivity index (χ4n) is 2.81. The summed E-state index contributed by atoms with van der Waals surface area (Å²) >= 11 is 0. The van der Waals surface area contributed by atoms with Gasteiger partial charge in [-0.3, -0.25) is 4.79 Å². The Bertz CT molecular complexity index is 1230. The molecule has 0 aliphatic heterocycles. The first-order valence-corrected chi connectivity index (χ1v) is 11.2. The molecule has 0 spiro atoms. The number of carboxylic acids is 2. The zero-order chi connectivity index (χ0) is 24.4. The molecule has 0 saturated heterocycles. The molecule has 0 aliphatic carbocycles. The maximum absolute atomic E-state index is 12.2. The summed E-state index contributed by atoms with van der Waals surface area (Å²) in [4.78, 5) is 30.5. The Morgan fingerprint density at radius 3 is 2.06 bits per heavy atom. The Morgan fingerprint density at radius 1 is 0.848 bits per heavy atom. The first-order chi connectivity index (χ1) is 15.6. The molecule has 10 nitrogen and oxygen atoms in total. The number of nitrogens with one attached hydrogen (secondary N) is 2. The van der Waals surface area contributed by atoms with Crippen LogP contribution in [-0.4, -0.2) is 49.6 Å². The molecule has 33 heavy (non-hydrogen) atoms. The van der Waals surface area contributed by atoms with Crippen LogP contribution in [-0.2, 0) is 30.8 Å². The van der Waals surface area contributed by atoms with Crippen molar-refractivity contribution in [3.05, 3.63) is 72.3 Å². The number of hydrogen-bond donors (Lipinski definition) is 5. The standard InChI is InChI=1S/C20H21N3O3S.C2H2O4/c21-27(25,26)17-10-8-15(9-11-17)12-13-22-14-20(24)23-19-7-3-5-16-4-1-2-6-18(16)19;3-1(4)2(5)6/h1-11,22H,12-14H2,(H,23,24)(H2,21,25,26);(H,3,4)(H,5,6). The van der Waals surface area contributed by atoms with Crippen molar-refractivity contribution in [1.29, 1.82) is 0 Å². The predicted octanol–water partition coefficient (Wildman–Crippen LogP) is 1.41. The van der Waals surface area contributed by atoms with Crippen LogP contribution in [0.5, 0.6) is 0 Å². The Labute approximate surface area is 190 Å². The van der Waals surface area contributed by atoms with E-state index in [2.05, 4.69) is 10.6 Å². The predicted molar refractivity (Wildman–Crippen MR) is 122 cm³/mol. The van der Waals surface area contributed by atoms with E-state index < -0.39 is 22.0 Å². The number of amides is 1. The average molecular weight is 474 g/mol. The van der Waals surface area contributed by atoms with Crippen molar-refractivity contribution in [3.63, 3.8) is 0 Å². The molecule has 3 aromatic rings. The minimum atomic E-state index is -3.67. The number of carbonyl (C=O) groups excluding carboxylic acids is 1. The van der Waals surface area contributed by atoms with Gasteiger partial charge in [-0.25, -0.2) is 23.1 Å². The number of aliphatic carboxylic acids is 2. The third-order valence-corrected chi connectivity index (χ3v) is 5.30. The van der Waals surface area contributed by atoms with E-state index in [4.69, 9.17) is 24.9 Å². The van der Waals surface area contributed by atoms with Gasteiger partial charge in [-0.05, 0) is 42.1 Å². The van der Waals surface area contributed by atoms with Crippen molar-refractivity contribution < 1.29 is 33.0 Å². The number of carbonyl (C=O) groups is 3. The van der Waals surface area contributed by atoms with Crippen LogP contribution < -0.4 is 15.8 Å². The van der Waals surface area contributed by atoms with Gasteiger partial charge in [0.1, 0.15) is 0 Å². The minimum Gasteiger partial charge on any atom is -0.473 e. The summed E-state index contributed by atoms with van der Waals surface area (Å²) in [5, 5.41) is 28.0. The number of nitrogens with two attached hydrogens (primary N) is 1. The van der Waals surface area contributed by atoms with Crippen LogP contribution in [0.3, 0.4) is 0 Å². The number of sulfonamides is 1. The van der Waals surface area contributed by atoms with E-state index in [0.717, 1.165) is 22.0 Å².